The summed E-state index contributed by atoms with van der Waals surface area (Å²) < 4.78 is 37.8. The SMILES string of the molecule is FC(F)(F)c1ccc(Cl)c(N=Cc2ccccc2Cl)c1. The monoisotopic (exact) mass is 317 g/mol. The highest BCUT2D eigenvalue weighted by molar-refractivity contribution is 6.34. The zero-order valence-electron chi connectivity index (χ0n) is 9.96. The zero-order valence-corrected chi connectivity index (χ0v) is 11.5. The maximum Gasteiger partial charge on any atom is 0.416 e. The maximum atomic E-state index is 12.6. The third-order valence-corrected chi connectivity index (χ3v) is 3.19. The molecule has 2 rings (SSSR count). The summed E-state index contributed by atoms with van der Waals surface area (Å²) in [6.45, 7) is 0. The van der Waals surface area contributed by atoms with E-state index < -0.39 is 11.7 Å². The van der Waals surface area contributed by atoms with Crippen LogP contribution in [0.3, 0.4) is 0 Å². The van der Waals surface area contributed by atoms with Crippen LogP contribution in [0.2, 0.25) is 10.0 Å². The minimum absolute atomic E-state index is 0.0430. The number of halogens is 5. The summed E-state index contributed by atoms with van der Waals surface area (Å²) in [7, 11) is 0. The summed E-state index contributed by atoms with van der Waals surface area (Å²) in [4.78, 5) is 3.97. The van der Waals surface area contributed by atoms with Crippen LogP contribution < -0.4 is 0 Å². The van der Waals surface area contributed by atoms with E-state index in [4.69, 9.17) is 23.2 Å². The molecule has 0 N–H and O–H groups in total. The molecule has 0 aliphatic carbocycles. The molecule has 0 unspecified atom stereocenters. The van der Waals surface area contributed by atoms with Gasteiger partial charge in [0.15, 0.2) is 0 Å². The van der Waals surface area contributed by atoms with Gasteiger partial charge in [-0.05, 0) is 24.3 Å². The van der Waals surface area contributed by atoms with E-state index in [1.807, 2.05) is 0 Å². The normalized spacial score (nSPS) is 12.1. The Hall–Kier alpha value is -1.52. The molecule has 1 nitrogen and oxygen atoms in total. The first-order valence-electron chi connectivity index (χ1n) is 5.53. The summed E-state index contributed by atoms with van der Waals surface area (Å²) in [5.74, 6) is 0. The van der Waals surface area contributed by atoms with Crippen LogP contribution in [0.1, 0.15) is 11.1 Å². The number of alkyl halides is 3. The molecule has 0 aliphatic heterocycles. The van der Waals surface area contributed by atoms with Crippen molar-refractivity contribution in [3.8, 4) is 0 Å². The van der Waals surface area contributed by atoms with Crippen molar-refractivity contribution in [1.29, 1.82) is 0 Å². The molecule has 0 bridgehead atoms. The molecule has 0 atom stereocenters. The van der Waals surface area contributed by atoms with Gasteiger partial charge < -0.3 is 0 Å². The van der Waals surface area contributed by atoms with Crippen LogP contribution in [0.4, 0.5) is 18.9 Å². The van der Waals surface area contributed by atoms with E-state index in [-0.39, 0.29) is 10.7 Å². The van der Waals surface area contributed by atoms with E-state index in [1.54, 1.807) is 24.3 Å². The Labute approximate surface area is 123 Å². The van der Waals surface area contributed by atoms with Gasteiger partial charge in [-0.1, -0.05) is 41.4 Å². The first kappa shape index (κ1) is 14.9. The van der Waals surface area contributed by atoms with Gasteiger partial charge in [0, 0.05) is 16.8 Å². The quantitative estimate of drug-likeness (QED) is 0.624. The predicted octanol–water partition coefficient (Wildman–Crippen LogP) is 5.76. The second-order valence-electron chi connectivity index (χ2n) is 3.94. The molecule has 0 saturated carbocycles. The van der Waals surface area contributed by atoms with Crippen LogP contribution in [0.15, 0.2) is 47.5 Å². The molecule has 104 valence electrons. The van der Waals surface area contributed by atoms with Crippen molar-refractivity contribution in [2.24, 2.45) is 4.99 Å². The van der Waals surface area contributed by atoms with Gasteiger partial charge in [-0.2, -0.15) is 13.2 Å². The fraction of sp³-hybridized carbons (Fsp3) is 0.0714. The van der Waals surface area contributed by atoms with E-state index in [2.05, 4.69) is 4.99 Å². The van der Waals surface area contributed by atoms with Crippen LogP contribution in [-0.2, 0) is 6.18 Å². The highest BCUT2D eigenvalue weighted by atomic mass is 35.5. The maximum absolute atomic E-state index is 12.6. The van der Waals surface area contributed by atoms with Crippen molar-refractivity contribution in [2.75, 3.05) is 0 Å². The summed E-state index contributed by atoms with van der Waals surface area (Å²) in [6, 6.07) is 9.85. The van der Waals surface area contributed by atoms with Gasteiger partial charge in [-0.25, -0.2) is 0 Å². The molecule has 0 saturated heterocycles. The van der Waals surface area contributed by atoms with Crippen LogP contribution in [0.25, 0.3) is 0 Å². The molecule has 2 aromatic rings. The predicted molar refractivity (Wildman–Crippen MR) is 75.2 cm³/mol. The van der Waals surface area contributed by atoms with E-state index >= 15 is 0 Å². The summed E-state index contributed by atoms with van der Waals surface area (Å²) in [6.07, 6.45) is -3.05. The summed E-state index contributed by atoms with van der Waals surface area (Å²) >= 11 is 11.8. The smallest absolute Gasteiger partial charge is 0.255 e. The molecule has 0 spiro atoms. The molecule has 2 aromatic carbocycles. The first-order valence-corrected chi connectivity index (χ1v) is 6.29. The molecule has 6 heteroatoms. The standard InChI is InChI=1S/C14H8Cl2F3N/c15-11-4-2-1-3-9(11)8-20-13-7-10(14(17,18)19)5-6-12(13)16/h1-8H. The summed E-state index contributed by atoms with van der Waals surface area (Å²) in [5.41, 5.74) is -0.155. The fourth-order valence-corrected chi connectivity index (χ4v) is 1.86. The Kier molecular flexibility index (Phi) is 4.35. The highest BCUT2D eigenvalue weighted by Gasteiger charge is 2.30. The van der Waals surface area contributed by atoms with Crippen molar-refractivity contribution < 1.29 is 13.2 Å². The van der Waals surface area contributed by atoms with Gasteiger partial charge in [-0.3, -0.25) is 4.99 Å². The van der Waals surface area contributed by atoms with Crippen LogP contribution in [0, 0.1) is 0 Å². The lowest BCUT2D eigenvalue weighted by Crippen LogP contribution is -2.04. The molecule has 0 amide bonds. The van der Waals surface area contributed by atoms with Crippen molar-refractivity contribution >= 4 is 35.1 Å². The Balaban J connectivity index is 2.36. The van der Waals surface area contributed by atoms with E-state index in [9.17, 15) is 13.2 Å². The van der Waals surface area contributed by atoms with Crippen molar-refractivity contribution in [3.63, 3.8) is 0 Å². The average Bonchev–Trinajstić information content (AvgIpc) is 2.38. The molecule has 0 radical (unpaired) electrons. The second kappa shape index (κ2) is 5.85. The number of hydrogen-bond acceptors (Lipinski definition) is 1. The van der Waals surface area contributed by atoms with Crippen LogP contribution >= 0.6 is 23.2 Å². The number of benzene rings is 2. The molecule has 20 heavy (non-hydrogen) atoms. The molecule has 0 aliphatic rings. The molecule has 0 heterocycles. The van der Waals surface area contributed by atoms with Crippen LogP contribution in [0.5, 0.6) is 0 Å². The first-order chi connectivity index (χ1) is 9.38. The minimum Gasteiger partial charge on any atom is -0.255 e. The Bertz CT molecular complexity index is 651. The molecular weight excluding hydrogens is 310 g/mol. The number of rotatable bonds is 2. The third-order valence-electron chi connectivity index (χ3n) is 2.52. The van der Waals surface area contributed by atoms with E-state index in [0.29, 0.717) is 10.6 Å². The highest BCUT2D eigenvalue weighted by Crippen LogP contribution is 2.35. The van der Waals surface area contributed by atoms with Gasteiger partial charge in [0.2, 0.25) is 0 Å². The lowest BCUT2D eigenvalue weighted by molar-refractivity contribution is -0.137. The van der Waals surface area contributed by atoms with Gasteiger partial charge in [-0.15, -0.1) is 0 Å². The Morgan fingerprint density at radius 3 is 2.30 bits per heavy atom. The van der Waals surface area contributed by atoms with Crippen LogP contribution in [-0.4, -0.2) is 6.21 Å². The minimum atomic E-state index is -4.43. The molecule has 0 aromatic heterocycles. The Morgan fingerprint density at radius 2 is 1.65 bits per heavy atom. The average molecular weight is 318 g/mol. The van der Waals surface area contributed by atoms with E-state index in [0.717, 1.165) is 12.1 Å². The van der Waals surface area contributed by atoms with E-state index in [1.165, 1.54) is 12.3 Å². The third kappa shape index (κ3) is 3.52. The van der Waals surface area contributed by atoms with Crippen molar-refractivity contribution in [2.45, 2.75) is 6.18 Å². The lowest BCUT2D eigenvalue weighted by Gasteiger charge is -2.07. The topological polar surface area (TPSA) is 12.4 Å². The fourth-order valence-electron chi connectivity index (χ4n) is 1.51. The Morgan fingerprint density at radius 1 is 0.950 bits per heavy atom. The number of nitrogens with zero attached hydrogens (tertiary/aromatic N) is 1. The largest absolute Gasteiger partial charge is 0.416 e. The zero-order chi connectivity index (χ0) is 14.8. The van der Waals surface area contributed by atoms with Gasteiger partial charge in [0.1, 0.15) is 0 Å². The molecular formula is C14H8Cl2F3N. The van der Waals surface area contributed by atoms with Crippen molar-refractivity contribution in [3.05, 3.63) is 63.6 Å². The summed E-state index contributed by atoms with van der Waals surface area (Å²) in [5, 5.41) is 0.598. The molecule has 0 fully saturated rings. The lowest BCUT2D eigenvalue weighted by atomic mass is 10.2. The number of aliphatic imine (C=N–C) groups is 1. The van der Waals surface area contributed by atoms with Gasteiger partial charge in [0.05, 0.1) is 16.3 Å². The second-order valence-corrected chi connectivity index (χ2v) is 4.76. The number of hydrogen-bond donors (Lipinski definition) is 0. The van der Waals surface area contributed by atoms with Gasteiger partial charge >= 0.3 is 6.18 Å². The van der Waals surface area contributed by atoms with Gasteiger partial charge in [0.25, 0.3) is 0 Å². The van der Waals surface area contributed by atoms with Crippen molar-refractivity contribution in [1.82, 2.24) is 0 Å².